The molecule has 4 heteroatoms. The van der Waals surface area contributed by atoms with E-state index >= 15 is 0 Å². The highest BCUT2D eigenvalue weighted by molar-refractivity contribution is 6.12. The van der Waals surface area contributed by atoms with Gasteiger partial charge < -0.3 is 0 Å². The lowest BCUT2D eigenvalue weighted by Crippen LogP contribution is -1.90. The molecule has 0 atom stereocenters. The zero-order valence-corrected chi connectivity index (χ0v) is 9.42. The highest BCUT2D eigenvalue weighted by atomic mass is 16.5. The molecule has 0 saturated heterocycles. The fourth-order valence-corrected chi connectivity index (χ4v) is 2.26. The number of nitrogens with one attached hydrogen (secondary N) is 1. The van der Waals surface area contributed by atoms with Crippen molar-refractivity contribution in [1.29, 1.82) is 0 Å². The summed E-state index contributed by atoms with van der Waals surface area (Å²) in [6.07, 6.45) is 0. The van der Waals surface area contributed by atoms with Gasteiger partial charge in [-0.15, -0.1) is 4.91 Å². The van der Waals surface area contributed by atoms with Crippen LogP contribution < -0.4 is 5.48 Å². The molecule has 0 aliphatic carbocycles. The van der Waals surface area contributed by atoms with Gasteiger partial charge in [-0.1, -0.05) is 42.5 Å². The second kappa shape index (κ2) is 4.09. The van der Waals surface area contributed by atoms with Crippen LogP contribution in [-0.4, -0.2) is 5.21 Å². The molecule has 0 aliphatic rings. The number of nitrogens with zero attached hydrogens (tertiary/aromatic N) is 1. The van der Waals surface area contributed by atoms with Gasteiger partial charge >= 0.3 is 0 Å². The third-order valence-electron chi connectivity index (χ3n) is 3.11. The Hall–Kier alpha value is -2.46. The highest BCUT2D eigenvalue weighted by Gasteiger charge is 2.09. The maximum absolute atomic E-state index is 10.9. The molecule has 0 bridgehead atoms. The Morgan fingerprint density at radius 1 is 0.889 bits per heavy atom. The first-order chi connectivity index (χ1) is 8.85. The van der Waals surface area contributed by atoms with E-state index in [4.69, 9.17) is 5.21 Å². The van der Waals surface area contributed by atoms with E-state index < -0.39 is 0 Å². The van der Waals surface area contributed by atoms with E-state index in [1.54, 1.807) is 6.07 Å². The Kier molecular flexibility index (Phi) is 2.42. The van der Waals surface area contributed by atoms with Crippen molar-refractivity contribution in [2.75, 3.05) is 5.48 Å². The van der Waals surface area contributed by atoms with Crippen molar-refractivity contribution in [3.8, 4) is 0 Å². The topological polar surface area (TPSA) is 61.7 Å². The van der Waals surface area contributed by atoms with Gasteiger partial charge in [0.2, 0.25) is 0 Å². The third kappa shape index (κ3) is 1.43. The molecule has 3 aromatic rings. The summed E-state index contributed by atoms with van der Waals surface area (Å²) in [5.41, 5.74) is 2.53. The monoisotopic (exact) mass is 238 g/mol. The molecule has 0 aromatic heterocycles. The molecule has 4 nitrogen and oxygen atoms in total. The van der Waals surface area contributed by atoms with Gasteiger partial charge in [0, 0.05) is 5.39 Å². The highest BCUT2D eigenvalue weighted by Crippen LogP contribution is 2.36. The van der Waals surface area contributed by atoms with Crippen LogP contribution in [0.1, 0.15) is 0 Å². The molecule has 88 valence electrons. The molecular weight excluding hydrogens is 228 g/mol. The zero-order valence-electron chi connectivity index (χ0n) is 9.42. The molecule has 0 spiro atoms. The molecule has 0 unspecified atom stereocenters. The van der Waals surface area contributed by atoms with Crippen molar-refractivity contribution in [2.24, 2.45) is 5.18 Å². The first-order valence-corrected chi connectivity index (χ1v) is 5.53. The fourth-order valence-electron chi connectivity index (χ4n) is 2.26. The molecule has 0 saturated carbocycles. The molecule has 3 aromatic carbocycles. The van der Waals surface area contributed by atoms with Crippen LogP contribution in [0.3, 0.4) is 0 Å². The summed E-state index contributed by atoms with van der Waals surface area (Å²) in [6, 6.07) is 15.2. The summed E-state index contributed by atoms with van der Waals surface area (Å²) >= 11 is 0. The maximum atomic E-state index is 10.9. The summed E-state index contributed by atoms with van der Waals surface area (Å²) in [5.74, 6) is 0. The van der Waals surface area contributed by atoms with Crippen molar-refractivity contribution in [3.63, 3.8) is 0 Å². The summed E-state index contributed by atoms with van der Waals surface area (Å²) in [6.45, 7) is 0. The Morgan fingerprint density at radius 3 is 2.44 bits per heavy atom. The summed E-state index contributed by atoms with van der Waals surface area (Å²) < 4.78 is 0. The Balaban J connectivity index is 2.50. The normalized spacial score (nSPS) is 10.7. The first kappa shape index (κ1) is 10.7. The maximum Gasteiger partial charge on any atom is 0.141 e. The Bertz CT molecular complexity index is 753. The number of hydrogen-bond acceptors (Lipinski definition) is 4. The van der Waals surface area contributed by atoms with Crippen LogP contribution in [0.15, 0.2) is 53.7 Å². The lowest BCUT2D eigenvalue weighted by atomic mass is 10.0. The standard InChI is InChI=1S/C14H10N2O2/c17-15-13-8-7-11-10-4-2-1-3-9(10)5-6-12(11)14(13)16-18/h1-8,15,17H. The minimum absolute atomic E-state index is 0.223. The summed E-state index contributed by atoms with van der Waals surface area (Å²) in [4.78, 5) is 10.9. The van der Waals surface area contributed by atoms with E-state index in [-0.39, 0.29) is 5.69 Å². The van der Waals surface area contributed by atoms with Crippen LogP contribution in [-0.2, 0) is 0 Å². The number of hydrogen-bond donors (Lipinski definition) is 2. The molecule has 0 aliphatic heterocycles. The Labute approximate surface area is 103 Å². The second-order valence-corrected chi connectivity index (χ2v) is 4.05. The van der Waals surface area contributed by atoms with E-state index in [2.05, 4.69) is 5.18 Å². The van der Waals surface area contributed by atoms with Crippen molar-refractivity contribution in [2.45, 2.75) is 0 Å². The van der Waals surface area contributed by atoms with E-state index in [0.717, 1.165) is 21.5 Å². The molecular formula is C14H10N2O2. The minimum Gasteiger partial charge on any atom is -0.291 e. The molecule has 0 fully saturated rings. The number of nitroso groups, excluding NO2 is 1. The number of fused-ring (bicyclic) bond motifs is 3. The van der Waals surface area contributed by atoms with Gasteiger partial charge in [0.1, 0.15) is 5.69 Å². The Morgan fingerprint density at radius 2 is 1.67 bits per heavy atom. The average Bonchev–Trinajstić information content (AvgIpc) is 2.45. The molecule has 2 N–H and O–H groups in total. The second-order valence-electron chi connectivity index (χ2n) is 4.05. The number of benzene rings is 3. The lowest BCUT2D eigenvalue weighted by Gasteiger charge is -2.08. The predicted octanol–water partition coefficient (Wildman–Crippen LogP) is 4.19. The average molecular weight is 238 g/mol. The van der Waals surface area contributed by atoms with Crippen LogP contribution in [0.5, 0.6) is 0 Å². The molecule has 0 heterocycles. The largest absolute Gasteiger partial charge is 0.291 e. The first-order valence-electron chi connectivity index (χ1n) is 5.53. The van der Waals surface area contributed by atoms with E-state index in [1.807, 2.05) is 47.9 Å². The van der Waals surface area contributed by atoms with E-state index in [1.165, 1.54) is 0 Å². The number of rotatable bonds is 2. The van der Waals surface area contributed by atoms with Gasteiger partial charge in [0.15, 0.2) is 0 Å². The summed E-state index contributed by atoms with van der Waals surface area (Å²) in [5, 5.41) is 15.8. The minimum atomic E-state index is 0.223. The molecule has 3 rings (SSSR count). The summed E-state index contributed by atoms with van der Waals surface area (Å²) in [7, 11) is 0. The van der Waals surface area contributed by atoms with Crippen LogP contribution in [0, 0.1) is 4.91 Å². The van der Waals surface area contributed by atoms with Gasteiger partial charge in [0.05, 0.1) is 5.69 Å². The van der Waals surface area contributed by atoms with Gasteiger partial charge in [-0.2, -0.15) is 0 Å². The van der Waals surface area contributed by atoms with Crippen LogP contribution in [0.4, 0.5) is 11.4 Å². The van der Waals surface area contributed by atoms with Gasteiger partial charge in [-0.25, -0.2) is 0 Å². The van der Waals surface area contributed by atoms with Crippen molar-refractivity contribution in [3.05, 3.63) is 53.4 Å². The van der Waals surface area contributed by atoms with Crippen LogP contribution in [0.25, 0.3) is 21.5 Å². The van der Waals surface area contributed by atoms with Crippen LogP contribution >= 0.6 is 0 Å². The SMILES string of the molecule is O=Nc1c(NO)ccc2c1ccc1ccccc12. The van der Waals surface area contributed by atoms with E-state index in [9.17, 15) is 4.91 Å². The molecule has 0 amide bonds. The van der Waals surface area contributed by atoms with Gasteiger partial charge in [-0.05, 0) is 27.4 Å². The van der Waals surface area contributed by atoms with E-state index in [0.29, 0.717) is 5.69 Å². The predicted molar refractivity (Wildman–Crippen MR) is 72.3 cm³/mol. The van der Waals surface area contributed by atoms with Gasteiger partial charge in [-0.3, -0.25) is 10.7 Å². The molecule has 18 heavy (non-hydrogen) atoms. The number of anilines is 1. The molecule has 0 radical (unpaired) electrons. The van der Waals surface area contributed by atoms with Crippen LogP contribution in [0.2, 0.25) is 0 Å². The van der Waals surface area contributed by atoms with Crippen molar-refractivity contribution in [1.82, 2.24) is 0 Å². The fraction of sp³-hybridized carbons (Fsp3) is 0. The lowest BCUT2D eigenvalue weighted by molar-refractivity contribution is 0.389. The third-order valence-corrected chi connectivity index (χ3v) is 3.11. The van der Waals surface area contributed by atoms with Gasteiger partial charge in [0.25, 0.3) is 0 Å². The van der Waals surface area contributed by atoms with Crippen molar-refractivity contribution < 1.29 is 5.21 Å². The smallest absolute Gasteiger partial charge is 0.141 e. The zero-order chi connectivity index (χ0) is 12.5. The quantitative estimate of drug-likeness (QED) is 0.399. The van der Waals surface area contributed by atoms with Crippen molar-refractivity contribution >= 4 is 32.9 Å².